The SMILES string of the molecule is CCN(CC)CCOc1ccccc1CNC(=O)C1CCCN(C(=O)c2cc(C)cc(C)c2)C1. The molecule has 3 rings (SSSR count). The summed E-state index contributed by atoms with van der Waals surface area (Å²) in [5.41, 5.74) is 3.82. The number of amides is 2. The number of ether oxygens (including phenoxy) is 1. The number of likely N-dealkylation sites (N-methyl/N-ethyl adjacent to an activating group) is 1. The number of hydrogen-bond donors (Lipinski definition) is 1. The van der Waals surface area contributed by atoms with Crippen LogP contribution in [0.1, 0.15) is 53.7 Å². The summed E-state index contributed by atoms with van der Waals surface area (Å²) >= 11 is 0. The molecule has 2 aromatic rings. The second-order valence-corrected chi connectivity index (χ2v) is 9.17. The molecular formula is C28H39N3O3. The lowest BCUT2D eigenvalue weighted by molar-refractivity contribution is -0.126. The van der Waals surface area contributed by atoms with Gasteiger partial charge in [-0.2, -0.15) is 0 Å². The lowest BCUT2D eigenvalue weighted by atomic mass is 9.96. The van der Waals surface area contributed by atoms with Gasteiger partial charge in [-0.3, -0.25) is 9.59 Å². The van der Waals surface area contributed by atoms with Gasteiger partial charge < -0.3 is 19.9 Å². The fourth-order valence-electron chi connectivity index (χ4n) is 4.60. The van der Waals surface area contributed by atoms with Crippen LogP contribution in [0.5, 0.6) is 5.75 Å². The number of piperidine rings is 1. The van der Waals surface area contributed by atoms with E-state index in [4.69, 9.17) is 4.74 Å². The van der Waals surface area contributed by atoms with Crippen LogP contribution < -0.4 is 10.1 Å². The van der Waals surface area contributed by atoms with Crippen LogP contribution in [0.25, 0.3) is 0 Å². The normalized spacial score (nSPS) is 15.9. The van der Waals surface area contributed by atoms with E-state index in [9.17, 15) is 9.59 Å². The van der Waals surface area contributed by atoms with E-state index in [1.54, 1.807) is 0 Å². The molecular weight excluding hydrogens is 426 g/mol. The van der Waals surface area contributed by atoms with Gasteiger partial charge >= 0.3 is 0 Å². The first-order valence-electron chi connectivity index (χ1n) is 12.5. The van der Waals surface area contributed by atoms with Crippen molar-refractivity contribution in [2.75, 3.05) is 39.3 Å². The minimum Gasteiger partial charge on any atom is -0.492 e. The van der Waals surface area contributed by atoms with Crippen LogP contribution in [0, 0.1) is 19.8 Å². The molecule has 0 saturated carbocycles. The number of carbonyl (C=O) groups excluding carboxylic acids is 2. The van der Waals surface area contributed by atoms with Crippen molar-refractivity contribution in [3.8, 4) is 5.75 Å². The van der Waals surface area contributed by atoms with Crippen LogP contribution in [0.15, 0.2) is 42.5 Å². The molecule has 1 fully saturated rings. The number of para-hydroxylation sites is 1. The fourth-order valence-corrected chi connectivity index (χ4v) is 4.60. The first kappa shape index (κ1) is 25.8. The zero-order valence-corrected chi connectivity index (χ0v) is 21.1. The lowest BCUT2D eigenvalue weighted by Crippen LogP contribution is -2.45. The first-order valence-corrected chi connectivity index (χ1v) is 12.5. The maximum atomic E-state index is 13.1. The molecule has 184 valence electrons. The molecule has 1 atom stereocenters. The van der Waals surface area contributed by atoms with Crippen LogP contribution in [0.2, 0.25) is 0 Å². The van der Waals surface area contributed by atoms with E-state index in [-0.39, 0.29) is 17.7 Å². The third-order valence-electron chi connectivity index (χ3n) is 6.53. The molecule has 6 heteroatoms. The molecule has 1 aliphatic heterocycles. The minimum absolute atomic E-state index is 0.00383. The van der Waals surface area contributed by atoms with Gasteiger partial charge in [0.05, 0.1) is 5.92 Å². The molecule has 0 aromatic heterocycles. The molecule has 1 aliphatic rings. The lowest BCUT2D eigenvalue weighted by Gasteiger charge is -2.32. The van der Waals surface area contributed by atoms with Gasteiger partial charge in [-0.15, -0.1) is 0 Å². The number of hydrogen-bond acceptors (Lipinski definition) is 4. The van der Waals surface area contributed by atoms with Crippen LogP contribution in [-0.2, 0) is 11.3 Å². The molecule has 0 bridgehead atoms. The van der Waals surface area contributed by atoms with E-state index in [1.165, 1.54) is 0 Å². The van der Waals surface area contributed by atoms with Crippen molar-refractivity contribution < 1.29 is 14.3 Å². The van der Waals surface area contributed by atoms with E-state index in [1.807, 2.05) is 55.1 Å². The monoisotopic (exact) mass is 465 g/mol. The highest BCUT2D eigenvalue weighted by molar-refractivity contribution is 5.95. The Bertz CT molecular complexity index is 951. The molecule has 1 N–H and O–H groups in total. The van der Waals surface area contributed by atoms with Crippen molar-refractivity contribution in [2.45, 2.75) is 47.1 Å². The highest BCUT2D eigenvalue weighted by atomic mass is 16.5. The topological polar surface area (TPSA) is 61.9 Å². The largest absolute Gasteiger partial charge is 0.492 e. The van der Waals surface area contributed by atoms with Crippen LogP contribution in [0.3, 0.4) is 0 Å². The highest BCUT2D eigenvalue weighted by Gasteiger charge is 2.29. The molecule has 1 saturated heterocycles. The number of nitrogens with zero attached hydrogens (tertiary/aromatic N) is 2. The molecule has 6 nitrogen and oxygen atoms in total. The Kier molecular flexibility index (Phi) is 9.52. The summed E-state index contributed by atoms with van der Waals surface area (Å²) in [4.78, 5) is 30.2. The summed E-state index contributed by atoms with van der Waals surface area (Å²) in [6, 6.07) is 13.8. The second kappa shape index (κ2) is 12.6. The highest BCUT2D eigenvalue weighted by Crippen LogP contribution is 2.22. The van der Waals surface area contributed by atoms with Crippen molar-refractivity contribution in [3.63, 3.8) is 0 Å². The van der Waals surface area contributed by atoms with E-state index in [2.05, 4.69) is 30.1 Å². The molecule has 0 radical (unpaired) electrons. The Hall–Kier alpha value is -2.86. The predicted molar refractivity (Wildman–Crippen MR) is 136 cm³/mol. The Morgan fingerprint density at radius 3 is 2.50 bits per heavy atom. The summed E-state index contributed by atoms with van der Waals surface area (Å²) in [7, 11) is 0. The average Bonchev–Trinajstić information content (AvgIpc) is 2.84. The van der Waals surface area contributed by atoms with Gasteiger partial charge in [-0.1, -0.05) is 49.2 Å². The van der Waals surface area contributed by atoms with E-state index >= 15 is 0 Å². The van der Waals surface area contributed by atoms with Gasteiger partial charge in [-0.05, 0) is 58.0 Å². The average molecular weight is 466 g/mol. The quantitative estimate of drug-likeness (QED) is 0.572. The van der Waals surface area contributed by atoms with E-state index < -0.39 is 0 Å². The third-order valence-corrected chi connectivity index (χ3v) is 6.53. The standard InChI is InChI=1S/C28H39N3O3/c1-5-30(6-2)14-15-34-26-12-8-7-10-23(26)19-29-27(32)24-11-9-13-31(20-24)28(33)25-17-21(3)16-22(4)18-25/h7-8,10,12,16-18,24H,5-6,9,11,13-15,19-20H2,1-4H3,(H,29,32). The maximum absolute atomic E-state index is 13.1. The minimum atomic E-state index is -0.195. The zero-order chi connectivity index (χ0) is 24.5. The van der Waals surface area contributed by atoms with Gasteiger partial charge in [0.1, 0.15) is 12.4 Å². The molecule has 0 spiro atoms. The van der Waals surface area contributed by atoms with Crippen LogP contribution in [0.4, 0.5) is 0 Å². The summed E-state index contributed by atoms with van der Waals surface area (Å²) in [5, 5.41) is 3.08. The fraction of sp³-hybridized carbons (Fsp3) is 0.500. The second-order valence-electron chi connectivity index (χ2n) is 9.17. The summed E-state index contributed by atoms with van der Waals surface area (Å²) < 4.78 is 6.02. The third kappa shape index (κ3) is 7.07. The molecule has 1 heterocycles. The number of nitrogens with one attached hydrogen (secondary N) is 1. The Morgan fingerprint density at radius 1 is 1.09 bits per heavy atom. The van der Waals surface area contributed by atoms with Crippen molar-refractivity contribution in [1.29, 1.82) is 0 Å². The Labute approximate surface area is 204 Å². The molecule has 0 aliphatic carbocycles. The number of likely N-dealkylation sites (tertiary alicyclic amines) is 1. The molecule has 1 unspecified atom stereocenters. The van der Waals surface area contributed by atoms with Gasteiger partial charge in [-0.25, -0.2) is 0 Å². The summed E-state index contributed by atoms with van der Waals surface area (Å²) in [6.45, 7) is 13.4. The van der Waals surface area contributed by atoms with Gasteiger partial charge in [0.2, 0.25) is 5.91 Å². The van der Waals surface area contributed by atoms with Crippen molar-refractivity contribution in [3.05, 3.63) is 64.7 Å². The zero-order valence-electron chi connectivity index (χ0n) is 21.1. The van der Waals surface area contributed by atoms with Gasteiger partial charge in [0.15, 0.2) is 0 Å². The Balaban J connectivity index is 1.55. The smallest absolute Gasteiger partial charge is 0.253 e. The van der Waals surface area contributed by atoms with Gasteiger partial charge in [0.25, 0.3) is 5.91 Å². The first-order chi connectivity index (χ1) is 16.4. The van der Waals surface area contributed by atoms with E-state index in [0.29, 0.717) is 31.8 Å². The number of aryl methyl sites for hydroxylation is 2. The van der Waals surface area contributed by atoms with Crippen LogP contribution in [-0.4, -0.2) is 60.9 Å². The number of carbonyl (C=O) groups is 2. The Morgan fingerprint density at radius 2 is 1.79 bits per heavy atom. The molecule has 34 heavy (non-hydrogen) atoms. The molecule has 2 aromatic carbocycles. The summed E-state index contributed by atoms with van der Waals surface area (Å²) in [6.07, 6.45) is 1.63. The van der Waals surface area contributed by atoms with Crippen LogP contribution >= 0.6 is 0 Å². The maximum Gasteiger partial charge on any atom is 0.253 e. The van der Waals surface area contributed by atoms with Crippen molar-refractivity contribution in [1.82, 2.24) is 15.1 Å². The van der Waals surface area contributed by atoms with Gasteiger partial charge in [0, 0.05) is 37.3 Å². The number of benzene rings is 2. The van der Waals surface area contributed by atoms with Crippen molar-refractivity contribution >= 4 is 11.8 Å². The summed E-state index contributed by atoms with van der Waals surface area (Å²) in [5.74, 6) is 0.622. The van der Waals surface area contributed by atoms with Crippen molar-refractivity contribution in [2.24, 2.45) is 5.92 Å². The molecule has 2 amide bonds. The van der Waals surface area contributed by atoms with E-state index in [0.717, 1.165) is 54.9 Å². The number of rotatable bonds is 10. The predicted octanol–water partition coefficient (Wildman–Crippen LogP) is 4.19.